The Balaban J connectivity index is 4.21. The first-order chi connectivity index (χ1) is 6.58. The Labute approximate surface area is 82.7 Å². The summed E-state index contributed by atoms with van der Waals surface area (Å²) in [5.74, 6) is 0. The van der Waals surface area contributed by atoms with Crippen molar-refractivity contribution in [3.05, 3.63) is 0 Å². The number of hydrogen-bond acceptors (Lipinski definition) is 6. The van der Waals surface area contributed by atoms with Crippen LogP contribution < -0.4 is 0 Å². The third kappa shape index (κ3) is 3.87. The van der Waals surface area contributed by atoms with Gasteiger partial charge in [-0.25, -0.2) is 0 Å². The predicted molar refractivity (Wildman–Crippen MR) is 47.8 cm³/mol. The molecule has 0 fully saturated rings. The van der Waals surface area contributed by atoms with Crippen molar-refractivity contribution >= 4 is 0 Å². The van der Waals surface area contributed by atoms with Crippen LogP contribution in [0.4, 0.5) is 0 Å². The van der Waals surface area contributed by atoms with Crippen molar-refractivity contribution in [2.45, 2.75) is 24.4 Å². The molecule has 0 aromatic rings. The molecule has 0 aliphatic heterocycles. The summed E-state index contributed by atoms with van der Waals surface area (Å²) in [6.07, 6.45) is -4.74. The van der Waals surface area contributed by atoms with E-state index >= 15 is 0 Å². The molecule has 14 heavy (non-hydrogen) atoms. The van der Waals surface area contributed by atoms with Crippen LogP contribution >= 0.6 is 0 Å². The van der Waals surface area contributed by atoms with Crippen molar-refractivity contribution < 1.29 is 29.9 Å². The van der Waals surface area contributed by atoms with Crippen LogP contribution in [-0.4, -0.2) is 72.3 Å². The Morgan fingerprint density at radius 3 is 2.00 bits per heavy atom. The number of ether oxygens (including phenoxy) is 2. The van der Waals surface area contributed by atoms with Crippen LogP contribution in [-0.2, 0) is 9.47 Å². The normalized spacial score (nSPS) is 20.1. The zero-order chi connectivity index (χ0) is 11.1. The Bertz CT molecular complexity index is 142. The zero-order valence-electron chi connectivity index (χ0n) is 8.33. The second-order valence-electron chi connectivity index (χ2n) is 2.96. The third-order valence-corrected chi connectivity index (χ3v) is 1.91. The average Bonchev–Trinajstić information content (AvgIpc) is 2.18. The van der Waals surface area contributed by atoms with Gasteiger partial charge >= 0.3 is 0 Å². The minimum atomic E-state index is -1.30. The lowest BCUT2D eigenvalue weighted by Crippen LogP contribution is -2.48. The smallest absolute Gasteiger partial charge is 0.114 e. The highest BCUT2D eigenvalue weighted by Crippen LogP contribution is 2.08. The van der Waals surface area contributed by atoms with Gasteiger partial charge in [0.25, 0.3) is 0 Å². The molecule has 0 aliphatic rings. The fourth-order valence-corrected chi connectivity index (χ4v) is 1.12. The molecular weight excluding hydrogens is 192 g/mol. The number of rotatable bonds is 7. The van der Waals surface area contributed by atoms with Crippen LogP contribution in [0, 0.1) is 0 Å². The summed E-state index contributed by atoms with van der Waals surface area (Å²) in [7, 11) is 2.65. The van der Waals surface area contributed by atoms with Crippen molar-refractivity contribution in [2.75, 3.05) is 27.4 Å². The van der Waals surface area contributed by atoms with E-state index in [-0.39, 0.29) is 6.61 Å². The molecule has 4 atom stereocenters. The predicted octanol–water partition coefficient (Wildman–Crippen LogP) is -2.28. The molecule has 4 N–H and O–H groups in total. The Morgan fingerprint density at radius 1 is 1.07 bits per heavy atom. The van der Waals surface area contributed by atoms with Gasteiger partial charge in [-0.1, -0.05) is 0 Å². The molecule has 0 saturated carbocycles. The second kappa shape index (κ2) is 7.10. The van der Waals surface area contributed by atoms with E-state index in [0.29, 0.717) is 0 Å². The Hall–Kier alpha value is -0.240. The molecule has 6 nitrogen and oxygen atoms in total. The zero-order valence-corrected chi connectivity index (χ0v) is 8.33. The number of hydrogen-bond donors (Lipinski definition) is 4. The van der Waals surface area contributed by atoms with Gasteiger partial charge in [-0.15, -0.1) is 0 Å². The minimum absolute atomic E-state index is 0.0703. The molecule has 0 aromatic heterocycles. The van der Waals surface area contributed by atoms with Crippen molar-refractivity contribution in [1.82, 2.24) is 0 Å². The van der Waals surface area contributed by atoms with Crippen molar-refractivity contribution in [2.24, 2.45) is 0 Å². The third-order valence-electron chi connectivity index (χ3n) is 1.91. The maximum Gasteiger partial charge on any atom is 0.114 e. The Morgan fingerprint density at radius 2 is 1.64 bits per heavy atom. The molecule has 0 rings (SSSR count). The molecule has 0 amide bonds. The first-order valence-corrected chi connectivity index (χ1v) is 4.25. The maximum absolute atomic E-state index is 9.48. The highest BCUT2D eigenvalue weighted by Gasteiger charge is 2.31. The molecule has 0 heterocycles. The van der Waals surface area contributed by atoms with E-state index in [1.807, 2.05) is 0 Å². The molecule has 86 valence electrons. The van der Waals surface area contributed by atoms with Crippen LogP contribution in [0.15, 0.2) is 0 Å². The summed E-state index contributed by atoms with van der Waals surface area (Å²) in [5.41, 5.74) is 0. The van der Waals surface area contributed by atoms with Crippen LogP contribution in [0.25, 0.3) is 0 Å². The van der Waals surface area contributed by atoms with Gasteiger partial charge in [0.15, 0.2) is 0 Å². The molecule has 6 heteroatoms. The van der Waals surface area contributed by atoms with Crippen LogP contribution in [0.5, 0.6) is 0 Å². The second-order valence-corrected chi connectivity index (χ2v) is 2.96. The summed E-state index contributed by atoms with van der Waals surface area (Å²) in [5, 5.41) is 36.7. The van der Waals surface area contributed by atoms with Gasteiger partial charge in [-0.05, 0) is 0 Å². The first-order valence-electron chi connectivity index (χ1n) is 4.25. The van der Waals surface area contributed by atoms with Gasteiger partial charge in [-0.2, -0.15) is 0 Å². The van der Waals surface area contributed by atoms with Crippen molar-refractivity contribution in [3.63, 3.8) is 0 Å². The fourth-order valence-electron chi connectivity index (χ4n) is 1.12. The summed E-state index contributed by atoms with van der Waals surface area (Å²) < 4.78 is 9.38. The molecule has 0 radical (unpaired) electrons. The number of aliphatic hydroxyl groups excluding tert-OH is 4. The van der Waals surface area contributed by atoms with E-state index in [9.17, 15) is 15.3 Å². The van der Waals surface area contributed by atoms with E-state index in [0.717, 1.165) is 0 Å². The molecule has 0 aliphatic carbocycles. The van der Waals surface area contributed by atoms with Crippen molar-refractivity contribution in [3.8, 4) is 0 Å². The SMILES string of the molecule is COC[C@@H](O)[C@@H](O)[C@H](OC)[C@H](O)CO. The van der Waals surface area contributed by atoms with E-state index in [2.05, 4.69) is 4.74 Å². The molecule has 0 spiro atoms. The quantitative estimate of drug-likeness (QED) is 0.378. The lowest BCUT2D eigenvalue weighted by molar-refractivity contribution is -0.139. The molecule has 0 aromatic carbocycles. The maximum atomic E-state index is 9.48. The van der Waals surface area contributed by atoms with Crippen LogP contribution in [0.1, 0.15) is 0 Å². The summed E-state index contributed by atoms with van der Waals surface area (Å²) in [6.45, 7) is -0.617. The lowest BCUT2D eigenvalue weighted by Gasteiger charge is -2.28. The highest BCUT2D eigenvalue weighted by atomic mass is 16.5. The van der Waals surface area contributed by atoms with E-state index in [1.54, 1.807) is 0 Å². The molecular formula is C8H18O6. The molecule has 0 bridgehead atoms. The minimum Gasteiger partial charge on any atom is -0.394 e. The number of aliphatic hydroxyl groups is 4. The Kier molecular flexibility index (Phi) is 6.98. The van der Waals surface area contributed by atoms with E-state index in [1.165, 1.54) is 14.2 Å². The van der Waals surface area contributed by atoms with Gasteiger partial charge in [0.2, 0.25) is 0 Å². The van der Waals surface area contributed by atoms with Gasteiger partial charge in [0.1, 0.15) is 24.4 Å². The fraction of sp³-hybridized carbons (Fsp3) is 1.00. The van der Waals surface area contributed by atoms with Gasteiger partial charge in [-0.3, -0.25) is 0 Å². The van der Waals surface area contributed by atoms with Gasteiger partial charge in [0.05, 0.1) is 13.2 Å². The summed E-state index contributed by atoms with van der Waals surface area (Å²) >= 11 is 0. The monoisotopic (exact) mass is 210 g/mol. The van der Waals surface area contributed by atoms with E-state index in [4.69, 9.17) is 9.84 Å². The largest absolute Gasteiger partial charge is 0.394 e. The van der Waals surface area contributed by atoms with Crippen molar-refractivity contribution in [1.29, 1.82) is 0 Å². The molecule has 0 saturated heterocycles. The summed E-state index contributed by atoms with van der Waals surface area (Å²) in [6, 6.07) is 0. The van der Waals surface area contributed by atoms with Gasteiger partial charge in [0, 0.05) is 14.2 Å². The first kappa shape index (κ1) is 13.8. The summed E-state index contributed by atoms with van der Waals surface area (Å²) in [4.78, 5) is 0. The standard InChI is InChI=1S/C8H18O6/c1-13-4-6(11)7(12)8(14-2)5(10)3-9/h5-12H,3-4H2,1-2H3/t5-,6-,7-,8-/m1/s1. The lowest BCUT2D eigenvalue weighted by atomic mass is 10.0. The average molecular weight is 210 g/mol. The highest BCUT2D eigenvalue weighted by molar-refractivity contribution is 4.81. The topological polar surface area (TPSA) is 99.4 Å². The van der Waals surface area contributed by atoms with Crippen LogP contribution in [0.2, 0.25) is 0 Å². The van der Waals surface area contributed by atoms with Gasteiger partial charge < -0.3 is 29.9 Å². The number of methoxy groups -OCH3 is 2. The van der Waals surface area contributed by atoms with E-state index < -0.39 is 31.0 Å². The molecule has 0 unspecified atom stereocenters. The van der Waals surface area contributed by atoms with Crippen LogP contribution in [0.3, 0.4) is 0 Å².